The Labute approximate surface area is 62.2 Å². The van der Waals surface area contributed by atoms with Crippen LogP contribution in [0.15, 0.2) is 11.6 Å². The number of rotatable bonds is 2. The molecule has 1 aromatic rings. The molecule has 0 aromatic carbocycles. The van der Waals surface area contributed by atoms with Crippen LogP contribution in [0.1, 0.15) is 0 Å². The van der Waals surface area contributed by atoms with E-state index in [0.29, 0.717) is 10.7 Å². The Hall–Kier alpha value is -0.280. The molecule has 1 rings (SSSR count). The monoisotopic (exact) mass is 162 g/mol. The van der Waals surface area contributed by atoms with Crippen LogP contribution in [-0.4, -0.2) is 10.4 Å². The van der Waals surface area contributed by atoms with Crippen LogP contribution < -0.4 is 4.80 Å². The average molecular weight is 163 g/mol. The number of alkyl halides is 1. The predicted molar refractivity (Wildman–Crippen MR) is 38.9 cm³/mol. The lowest BCUT2D eigenvalue weighted by molar-refractivity contribution is 0.733. The summed E-state index contributed by atoms with van der Waals surface area (Å²) in [4.78, 5) is 0.565. The molecule has 1 aromatic heterocycles. The van der Waals surface area contributed by atoms with E-state index < -0.39 is 0 Å². The normalized spacial score (nSPS) is 9.89. The maximum absolute atomic E-state index is 7.28. The molecular weight excluding hydrogens is 156 g/mol. The van der Waals surface area contributed by atoms with E-state index >= 15 is 0 Å². The second-order valence-corrected chi connectivity index (χ2v) is 2.86. The van der Waals surface area contributed by atoms with Gasteiger partial charge in [-0.25, -0.2) is 0 Å². The minimum atomic E-state index is 0.565. The van der Waals surface area contributed by atoms with Gasteiger partial charge >= 0.3 is 0 Å². The lowest BCUT2D eigenvalue weighted by Gasteiger charge is -1.93. The maximum atomic E-state index is 7.28. The number of nitrogens with zero attached hydrogens (tertiary/aromatic N) is 1. The SMILES string of the molecule is N=c1sccn1CCCl. The van der Waals surface area contributed by atoms with Gasteiger partial charge in [0.15, 0.2) is 4.80 Å². The first-order valence-corrected chi connectivity index (χ1v) is 4.00. The largest absolute Gasteiger partial charge is 0.323 e. The molecule has 0 spiro atoms. The first-order chi connectivity index (χ1) is 4.34. The number of thiazole rings is 1. The summed E-state index contributed by atoms with van der Waals surface area (Å²) in [7, 11) is 0. The highest BCUT2D eigenvalue weighted by Crippen LogP contribution is 1.89. The Kier molecular flexibility index (Phi) is 2.30. The first-order valence-electron chi connectivity index (χ1n) is 2.59. The van der Waals surface area contributed by atoms with Gasteiger partial charge in [0.25, 0.3) is 0 Å². The van der Waals surface area contributed by atoms with Gasteiger partial charge in [-0.2, -0.15) is 0 Å². The molecule has 0 aliphatic carbocycles. The van der Waals surface area contributed by atoms with Gasteiger partial charge < -0.3 is 4.57 Å². The number of halogens is 1. The van der Waals surface area contributed by atoms with E-state index in [1.54, 1.807) is 0 Å². The van der Waals surface area contributed by atoms with Crippen molar-refractivity contribution in [2.24, 2.45) is 0 Å². The van der Waals surface area contributed by atoms with E-state index in [9.17, 15) is 0 Å². The molecule has 0 fully saturated rings. The lowest BCUT2D eigenvalue weighted by atomic mass is 10.7. The van der Waals surface area contributed by atoms with Gasteiger partial charge in [-0.3, -0.25) is 5.41 Å². The van der Waals surface area contributed by atoms with E-state index in [0.717, 1.165) is 6.54 Å². The van der Waals surface area contributed by atoms with Crippen LogP contribution in [-0.2, 0) is 6.54 Å². The van der Waals surface area contributed by atoms with Crippen LogP contribution in [0.5, 0.6) is 0 Å². The molecule has 2 nitrogen and oxygen atoms in total. The van der Waals surface area contributed by atoms with Crippen LogP contribution in [0, 0.1) is 5.41 Å². The summed E-state index contributed by atoms with van der Waals surface area (Å²) in [5.41, 5.74) is 0. The molecule has 0 aliphatic heterocycles. The van der Waals surface area contributed by atoms with Crippen LogP contribution in [0.4, 0.5) is 0 Å². The number of aryl methyl sites for hydroxylation is 1. The Bertz CT molecular complexity index is 227. The second kappa shape index (κ2) is 3.03. The van der Waals surface area contributed by atoms with Gasteiger partial charge in [0.05, 0.1) is 0 Å². The summed E-state index contributed by atoms with van der Waals surface area (Å²) in [5.74, 6) is 0.577. The molecule has 0 radical (unpaired) electrons. The number of hydrogen-bond donors (Lipinski definition) is 1. The minimum absolute atomic E-state index is 0.565. The van der Waals surface area contributed by atoms with Crippen molar-refractivity contribution in [2.75, 3.05) is 5.88 Å². The van der Waals surface area contributed by atoms with E-state index in [1.165, 1.54) is 11.3 Å². The second-order valence-electron chi connectivity index (χ2n) is 1.59. The third-order valence-corrected chi connectivity index (χ3v) is 1.89. The highest BCUT2D eigenvalue weighted by atomic mass is 35.5. The Morgan fingerprint density at radius 3 is 3.00 bits per heavy atom. The van der Waals surface area contributed by atoms with E-state index in [-0.39, 0.29) is 0 Å². The Morgan fingerprint density at radius 2 is 2.56 bits per heavy atom. The van der Waals surface area contributed by atoms with Crippen molar-refractivity contribution in [3.8, 4) is 0 Å². The summed E-state index contributed by atoms with van der Waals surface area (Å²) in [6.07, 6.45) is 1.87. The quantitative estimate of drug-likeness (QED) is 0.635. The lowest BCUT2D eigenvalue weighted by Crippen LogP contribution is -2.12. The number of aromatic nitrogens is 1. The van der Waals surface area contributed by atoms with E-state index in [4.69, 9.17) is 17.0 Å². The topological polar surface area (TPSA) is 28.8 Å². The number of nitrogens with one attached hydrogen (secondary N) is 1. The highest BCUT2D eigenvalue weighted by Gasteiger charge is 1.88. The zero-order valence-electron chi connectivity index (χ0n) is 4.80. The van der Waals surface area contributed by atoms with Crippen LogP contribution >= 0.6 is 22.9 Å². The third kappa shape index (κ3) is 1.56. The summed E-state index contributed by atoms with van der Waals surface area (Å²) >= 11 is 6.88. The molecule has 0 bridgehead atoms. The predicted octanol–water partition coefficient (Wildman–Crippen LogP) is 1.27. The van der Waals surface area contributed by atoms with Crippen molar-refractivity contribution >= 4 is 22.9 Å². The maximum Gasteiger partial charge on any atom is 0.181 e. The van der Waals surface area contributed by atoms with Crippen molar-refractivity contribution < 1.29 is 0 Å². The average Bonchev–Trinajstić information content (AvgIpc) is 2.18. The van der Waals surface area contributed by atoms with Crippen LogP contribution in [0.3, 0.4) is 0 Å². The molecular formula is C5H7ClN2S. The van der Waals surface area contributed by atoms with Gasteiger partial charge in [-0.05, 0) is 0 Å². The van der Waals surface area contributed by atoms with Crippen molar-refractivity contribution in [1.82, 2.24) is 4.57 Å². The smallest absolute Gasteiger partial charge is 0.181 e. The minimum Gasteiger partial charge on any atom is -0.323 e. The van der Waals surface area contributed by atoms with Crippen molar-refractivity contribution in [3.63, 3.8) is 0 Å². The molecule has 0 unspecified atom stereocenters. The zero-order chi connectivity index (χ0) is 6.69. The third-order valence-electron chi connectivity index (χ3n) is 1.01. The van der Waals surface area contributed by atoms with Gasteiger partial charge in [0, 0.05) is 24.0 Å². The number of hydrogen-bond acceptors (Lipinski definition) is 2. The molecule has 4 heteroatoms. The highest BCUT2D eigenvalue weighted by molar-refractivity contribution is 7.06. The first kappa shape index (κ1) is 6.83. The summed E-state index contributed by atoms with van der Waals surface area (Å²) in [5, 5.41) is 9.16. The van der Waals surface area contributed by atoms with E-state index in [1.807, 2.05) is 16.1 Å². The van der Waals surface area contributed by atoms with Gasteiger partial charge in [-0.15, -0.1) is 22.9 Å². The standard InChI is InChI=1S/C5H7ClN2S/c6-1-2-8-3-4-9-5(8)7/h3-4,7H,1-2H2. The van der Waals surface area contributed by atoms with Gasteiger partial charge in [0.2, 0.25) is 0 Å². The summed E-state index contributed by atoms with van der Waals surface area (Å²) in [6.45, 7) is 0.740. The summed E-state index contributed by atoms with van der Waals surface area (Å²) < 4.78 is 1.82. The molecule has 0 aliphatic rings. The van der Waals surface area contributed by atoms with Crippen LogP contribution in [0.2, 0.25) is 0 Å². The van der Waals surface area contributed by atoms with Crippen molar-refractivity contribution in [3.05, 3.63) is 16.4 Å². The molecule has 50 valence electrons. The van der Waals surface area contributed by atoms with Gasteiger partial charge in [0.1, 0.15) is 0 Å². The zero-order valence-corrected chi connectivity index (χ0v) is 6.37. The van der Waals surface area contributed by atoms with Crippen molar-refractivity contribution in [2.45, 2.75) is 6.54 Å². The molecule has 0 saturated heterocycles. The van der Waals surface area contributed by atoms with Crippen LogP contribution in [0.25, 0.3) is 0 Å². The molecule has 0 amide bonds. The van der Waals surface area contributed by atoms with Gasteiger partial charge in [-0.1, -0.05) is 0 Å². The summed E-state index contributed by atoms with van der Waals surface area (Å²) in [6, 6.07) is 0. The molecule has 0 atom stereocenters. The molecule has 0 saturated carbocycles. The molecule has 9 heavy (non-hydrogen) atoms. The molecule has 1 N–H and O–H groups in total. The van der Waals surface area contributed by atoms with E-state index in [2.05, 4.69) is 0 Å². The van der Waals surface area contributed by atoms with Crippen molar-refractivity contribution in [1.29, 1.82) is 5.41 Å². The fourth-order valence-corrected chi connectivity index (χ4v) is 1.38. The molecule has 1 heterocycles. The Morgan fingerprint density at radius 1 is 1.78 bits per heavy atom. The fourth-order valence-electron chi connectivity index (χ4n) is 0.571. The fraction of sp³-hybridized carbons (Fsp3) is 0.400. The Balaban J connectivity index is 2.81.